The first kappa shape index (κ1) is 15.6. The zero-order chi connectivity index (χ0) is 17.6. The lowest BCUT2D eigenvalue weighted by molar-refractivity contribution is 0.442. The predicted molar refractivity (Wildman–Crippen MR) is 94.1 cm³/mol. The van der Waals surface area contributed by atoms with Crippen molar-refractivity contribution < 1.29 is 14.6 Å². The smallest absolute Gasteiger partial charge is 0.341 e. The highest BCUT2D eigenvalue weighted by molar-refractivity contribution is 5.80. The Bertz CT molecular complexity index is 966. The molecule has 0 bridgehead atoms. The average Bonchev–Trinajstić information content (AvgIpc) is 3.04. The van der Waals surface area contributed by atoms with Crippen LogP contribution in [-0.2, 0) is 12.8 Å². The van der Waals surface area contributed by atoms with Crippen LogP contribution >= 0.6 is 0 Å². The number of aryl methyl sites for hydroxylation is 3. The first-order chi connectivity index (χ1) is 12.0. The van der Waals surface area contributed by atoms with Crippen molar-refractivity contribution in [2.24, 2.45) is 10.2 Å². The number of hydrogen-bond acceptors (Lipinski definition) is 6. The van der Waals surface area contributed by atoms with Crippen LogP contribution in [0.25, 0.3) is 11.1 Å². The topological polar surface area (TPSA) is 91.2 Å². The Morgan fingerprint density at radius 2 is 1.80 bits per heavy atom. The van der Waals surface area contributed by atoms with Crippen LogP contribution < -0.4 is 0 Å². The summed E-state index contributed by atoms with van der Waals surface area (Å²) in [5.41, 5.74) is 5.27. The van der Waals surface area contributed by atoms with E-state index in [1.807, 2.05) is 26.0 Å². The van der Waals surface area contributed by atoms with Gasteiger partial charge in [0.2, 0.25) is 0 Å². The molecule has 1 aromatic heterocycles. The second-order valence-electron chi connectivity index (χ2n) is 6.51. The van der Waals surface area contributed by atoms with Gasteiger partial charge in [-0.15, -0.1) is 5.11 Å². The van der Waals surface area contributed by atoms with Gasteiger partial charge >= 0.3 is 6.01 Å². The minimum Gasteiger partial charge on any atom is -0.505 e. The number of aromatic hydroxyl groups is 2. The predicted octanol–water partition coefficient (Wildman–Crippen LogP) is 5.15. The zero-order valence-corrected chi connectivity index (χ0v) is 14.2. The summed E-state index contributed by atoms with van der Waals surface area (Å²) in [5.74, 6) is -0.0766. The normalized spacial score (nSPS) is 14.3. The van der Waals surface area contributed by atoms with Gasteiger partial charge < -0.3 is 14.6 Å². The van der Waals surface area contributed by atoms with Crippen LogP contribution in [0.3, 0.4) is 0 Å². The maximum atomic E-state index is 10.5. The molecule has 0 fully saturated rings. The minimum absolute atomic E-state index is 0.00178. The van der Waals surface area contributed by atoms with Crippen LogP contribution in [0.15, 0.2) is 32.8 Å². The number of benzene rings is 2. The summed E-state index contributed by atoms with van der Waals surface area (Å²) in [6, 6.07) is 5.71. The SMILES string of the molecule is Cc1ccc(C)c2oc(N=Nc3c(O)cc4c(c3O)CCCC4)nc12. The third kappa shape index (κ3) is 2.63. The molecule has 0 radical (unpaired) electrons. The van der Waals surface area contributed by atoms with E-state index in [1.54, 1.807) is 6.07 Å². The minimum atomic E-state index is -0.0784. The highest BCUT2D eigenvalue weighted by Crippen LogP contribution is 2.44. The lowest BCUT2D eigenvalue weighted by atomic mass is 9.90. The molecule has 0 spiro atoms. The van der Waals surface area contributed by atoms with Gasteiger partial charge in [-0.05, 0) is 67.9 Å². The summed E-state index contributed by atoms with van der Waals surface area (Å²) < 4.78 is 5.66. The van der Waals surface area contributed by atoms with Crippen molar-refractivity contribution in [3.63, 3.8) is 0 Å². The van der Waals surface area contributed by atoms with E-state index in [1.165, 1.54) is 0 Å². The molecule has 25 heavy (non-hydrogen) atoms. The van der Waals surface area contributed by atoms with Gasteiger partial charge in [0.1, 0.15) is 17.0 Å². The summed E-state index contributed by atoms with van der Waals surface area (Å²) in [6.45, 7) is 3.89. The fourth-order valence-electron chi connectivity index (χ4n) is 3.34. The van der Waals surface area contributed by atoms with E-state index in [9.17, 15) is 10.2 Å². The average molecular weight is 337 g/mol. The fraction of sp³-hybridized carbons (Fsp3) is 0.316. The largest absolute Gasteiger partial charge is 0.505 e. The van der Waals surface area contributed by atoms with Crippen molar-refractivity contribution in [2.45, 2.75) is 39.5 Å². The molecule has 0 unspecified atom stereocenters. The number of phenols is 2. The maximum absolute atomic E-state index is 10.5. The van der Waals surface area contributed by atoms with Gasteiger partial charge in [-0.25, -0.2) is 0 Å². The standard InChI is InChI=1S/C19H19N3O3/c1-10-7-8-11(2)18-15(10)20-19(25-18)22-21-16-14(23)9-12-5-3-4-6-13(12)17(16)24/h7-9,23-24H,3-6H2,1-2H3. The molecule has 0 saturated heterocycles. The van der Waals surface area contributed by atoms with E-state index >= 15 is 0 Å². The summed E-state index contributed by atoms with van der Waals surface area (Å²) in [7, 11) is 0. The van der Waals surface area contributed by atoms with Gasteiger partial charge in [-0.3, -0.25) is 0 Å². The number of azo groups is 1. The Morgan fingerprint density at radius 3 is 2.60 bits per heavy atom. The van der Waals surface area contributed by atoms with Crippen LogP contribution in [0.1, 0.15) is 35.1 Å². The van der Waals surface area contributed by atoms with E-state index in [2.05, 4.69) is 15.2 Å². The molecule has 1 aliphatic carbocycles. The molecule has 2 N–H and O–H groups in total. The highest BCUT2D eigenvalue weighted by atomic mass is 16.4. The van der Waals surface area contributed by atoms with Crippen molar-refractivity contribution >= 4 is 22.8 Å². The van der Waals surface area contributed by atoms with Gasteiger partial charge in [0.05, 0.1) is 0 Å². The van der Waals surface area contributed by atoms with Gasteiger partial charge in [-0.2, -0.15) is 4.98 Å². The quantitative estimate of drug-likeness (QED) is 0.633. The number of nitrogens with zero attached hydrogens (tertiary/aromatic N) is 3. The van der Waals surface area contributed by atoms with Crippen molar-refractivity contribution in [3.8, 4) is 11.5 Å². The lowest BCUT2D eigenvalue weighted by Gasteiger charge is -2.18. The Morgan fingerprint density at radius 1 is 1.04 bits per heavy atom. The Balaban J connectivity index is 1.75. The second-order valence-corrected chi connectivity index (χ2v) is 6.51. The molecular formula is C19H19N3O3. The van der Waals surface area contributed by atoms with Crippen LogP contribution in [0, 0.1) is 13.8 Å². The zero-order valence-electron chi connectivity index (χ0n) is 14.2. The number of fused-ring (bicyclic) bond motifs is 2. The fourth-order valence-corrected chi connectivity index (χ4v) is 3.34. The number of aromatic nitrogens is 1. The molecule has 6 heteroatoms. The van der Waals surface area contributed by atoms with Crippen molar-refractivity contribution in [2.75, 3.05) is 0 Å². The molecule has 0 saturated carbocycles. The molecule has 1 heterocycles. The van der Waals surface area contributed by atoms with E-state index in [-0.39, 0.29) is 23.2 Å². The molecule has 2 aromatic carbocycles. The summed E-state index contributed by atoms with van der Waals surface area (Å²) >= 11 is 0. The molecule has 4 rings (SSSR count). The molecular weight excluding hydrogens is 318 g/mol. The molecule has 1 aliphatic rings. The van der Waals surface area contributed by atoms with Crippen molar-refractivity contribution in [1.29, 1.82) is 0 Å². The van der Waals surface area contributed by atoms with Crippen molar-refractivity contribution in [3.05, 3.63) is 40.5 Å². The lowest BCUT2D eigenvalue weighted by Crippen LogP contribution is -2.02. The van der Waals surface area contributed by atoms with E-state index in [4.69, 9.17) is 4.42 Å². The molecule has 128 valence electrons. The monoisotopic (exact) mass is 337 g/mol. The van der Waals surface area contributed by atoms with Crippen LogP contribution in [-0.4, -0.2) is 15.2 Å². The third-order valence-electron chi connectivity index (χ3n) is 4.74. The third-order valence-corrected chi connectivity index (χ3v) is 4.74. The number of oxazole rings is 1. The summed E-state index contributed by atoms with van der Waals surface area (Å²) in [4.78, 5) is 4.34. The number of phenolic OH excluding ortho intramolecular Hbond substituents is 2. The molecule has 0 amide bonds. The molecule has 6 nitrogen and oxygen atoms in total. The Hall–Kier alpha value is -2.89. The number of hydrogen-bond donors (Lipinski definition) is 2. The second kappa shape index (κ2) is 5.88. The van der Waals surface area contributed by atoms with Gasteiger partial charge in [0, 0.05) is 0 Å². The molecule has 0 atom stereocenters. The molecule has 3 aromatic rings. The van der Waals surface area contributed by atoms with E-state index < -0.39 is 0 Å². The maximum Gasteiger partial charge on any atom is 0.341 e. The number of rotatable bonds is 2. The van der Waals surface area contributed by atoms with Crippen LogP contribution in [0.5, 0.6) is 11.5 Å². The Kier molecular flexibility index (Phi) is 3.67. The highest BCUT2D eigenvalue weighted by Gasteiger charge is 2.20. The van der Waals surface area contributed by atoms with Crippen LogP contribution in [0.4, 0.5) is 11.7 Å². The van der Waals surface area contributed by atoms with Gasteiger partial charge in [0.25, 0.3) is 0 Å². The first-order valence-electron chi connectivity index (χ1n) is 8.40. The Labute approximate surface area is 144 Å². The molecule has 0 aliphatic heterocycles. The van der Waals surface area contributed by atoms with E-state index in [0.29, 0.717) is 5.58 Å². The van der Waals surface area contributed by atoms with E-state index in [0.717, 1.165) is 53.5 Å². The van der Waals surface area contributed by atoms with Crippen molar-refractivity contribution in [1.82, 2.24) is 4.98 Å². The van der Waals surface area contributed by atoms with Crippen LogP contribution in [0.2, 0.25) is 0 Å². The summed E-state index contributed by atoms with van der Waals surface area (Å²) in [6.07, 6.45) is 3.72. The summed E-state index contributed by atoms with van der Waals surface area (Å²) in [5, 5.41) is 28.6. The first-order valence-corrected chi connectivity index (χ1v) is 8.40. The van der Waals surface area contributed by atoms with Gasteiger partial charge in [0.15, 0.2) is 11.3 Å². The van der Waals surface area contributed by atoms with Gasteiger partial charge in [-0.1, -0.05) is 17.2 Å².